The maximum absolute atomic E-state index is 12.0. The van der Waals surface area contributed by atoms with Gasteiger partial charge in [-0.1, -0.05) is 0 Å². The highest BCUT2D eigenvalue weighted by atomic mass is 79.9. The number of nitrogen functional groups attached to an aromatic ring is 1. The number of carbonyl (C=O) groups excluding carboxylic acids is 2. The number of anilines is 1. The maximum atomic E-state index is 12.0. The first-order valence-electron chi connectivity index (χ1n) is 5.51. The van der Waals surface area contributed by atoms with Gasteiger partial charge in [0.1, 0.15) is 0 Å². The zero-order valence-electron chi connectivity index (χ0n) is 10.5. The molecule has 6 heteroatoms. The monoisotopic (exact) mass is 389 g/mol. The molecular weight excluding hydrogens is 378 g/mol. The van der Waals surface area contributed by atoms with Gasteiger partial charge in [0.15, 0.2) is 5.78 Å². The molecule has 0 saturated carbocycles. The van der Waals surface area contributed by atoms with Gasteiger partial charge in [0, 0.05) is 20.1 Å². The van der Waals surface area contributed by atoms with Crippen LogP contribution in [-0.2, 0) is 9.53 Å². The van der Waals surface area contributed by atoms with Gasteiger partial charge >= 0.3 is 5.97 Å². The van der Waals surface area contributed by atoms with Crippen LogP contribution in [0.3, 0.4) is 0 Å². The summed E-state index contributed by atoms with van der Waals surface area (Å²) in [5.74, 6) is -0.781. The summed E-state index contributed by atoms with van der Waals surface area (Å²) in [6, 6.07) is 3.22. The van der Waals surface area contributed by atoms with Crippen molar-refractivity contribution < 1.29 is 14.3 Å². The van der Waals surface area contributed by atoms with Gasteiger partial charge in [0.05, 0.1) is 12.3 Å². The number of hydrogen-bond acceptors (Lipinski definition) is 4. The number of rotatable bonds is 4. The molecule has 0 radical (unpaired) electrons. The van der Waals surface area contributed by atoms with E-state index in [9.17, 15) is 9.59 Å². The van der Waals surface area contributed by atoms with E-state index in [4.69, 9.17) is 10.5 Å². The Morgan fingerprint density at radius 3 is 2.32 bits per heavy atom. The molecule has 0 aliphatic rings. The largest absolute Gasteiger partial charge is 0.463 e. The summed E-state index contributed by atoms with van der Waals surface area (Å²) in [6.07, 6.45) is 1.25. The van der Waals surface area contributed by atoms with Crippen molar-refractivity contribution >= 4 is 49.3 Å². The van der Waals surface area contributed by atoms with Crippen LogP contribution in [0.25, 0.3) is 0 Å². The van der Waals surface area contributed by atoms with E-state index in [1.807, 2.05) is 0 Å². The predicted molar refractivity (Wildman–Crippen MR) is 81.0 cm³/mol. The molecule has 1 rings (SSSR count). The molecule has 2 N–H and O–H groups in total. The quantitative estimate of drug-likeness (QED) is 0.369. The van der Waals surface area contributed by atoms with Gasteiger partial charge in [-0.2, -0.15) is 0 Å². The molecule has 0 amide bonds. The maximum Gasteiger partial charge on any atom is 0.333 e. The number of carbonyl (C=O) groups is 2. The first-order valence-corrected chi connectivity index (χ1v) is 7.09. The normalized spacial score (nSPS) is 11.3. The van der Waals surface area contributed by atoms with Crippen molar-refractivity contribution in [2.75, 3.05) is 12.3 Å². The number of allylic oxidation sites excluding steroid dienone is 1. The van der Waals surface area contributed by atoms with Crippen LogP contribution in [0.5, 0.6) is 0 Å². The minimum atomic E-state index is -0.496. The van der Waals surface area contributed by atoms with Crippen molar-refractivity contribution in [3.8, 4) is 0 Å². The average Bonchev–Trinajstić information content (AvgIpc) is 2.35. The lowest BCUT2D eigenvalue weighted by molar-refractivity contribution is -0.138. The first kappa shape index (κ1) is 15.9. The molecule has 0 aliphatic heterocycles. The molecule has 0 aromatic heterocycles. The van der Waals surface area contributed by atoms with Crippen LogP contribution in [0.4, 0.5) is 5.69 Å². The Labute approximate surface area is 128 Å². The second-order valence-corrected chi connectivity index (χ2v) is 5.47. The molecule has 1 aromatic carbocycles. The SMILES string of the molecule is CCOC(=O)/C(C)=C/C(=O)c1cc(Br)c(N)c(Br)c1. The van der Waals surface area contributed by atoms with E-state index in [2.05, 4.69) is 31.9 Å². The molecule has 19 heavy (non-hydrogen) atoms. The summed E-state index contributed by atoms with van der Waals surface area (Å²) in [6.45, 7) is 3.52. The Morgan fingerprint density at radius 2 is 1.84 bits per heavy atom. The van der Waals surface area contributed by atoms with Gasteiger partial charge in [-0.3, -0.25) is 4.79 Å². The Kier molecular flexibility index (Phi) is 5.75. The summed E-state index contributed by atoms with van der Waals surface area (Å²) >= 11 is 6.53. The van der Waals surface area contributed by atoms with Crippen LogP contribution in [0.15, 0.2) is 32.7 Å². The van der Waals surface area contributed by atoms with Crippen LogP contribution in [0.2, 0.25) is 0 Å². The van der Waals surface area contributed by atoms with Gasteiger partial charge in [-0.15, -0.1) is 0 Å². The van der Waals surface area contributed by atoms with Gasteiger partial charge in [0.2, 0.25) is 0 Å². The molecule has 0 fully saturated rings. The van der Waals surface area contributed by atoms with E-state index in [0.29, 0.717) is 20.2 Å². The van der Waals surface area contributed by atoms with E-state index in [1.54, 1.807) is 19.1 Å². The third-order valence-electron chi connectivity index (χ3n) is 2.31. The Balaban J connectivity index is 3.02. The van der Waals surface area contributed by atoms with Crippen LogP contribution >= 0.6 is 31.9 Å². The summed E-state index contributed by atoms with van der Waals surface area (Å²) in [4.78, 5) is 23.4. The van der Waals surface area contributed by atoms with E-state index in [1.165, 1.54) is 13.0 Å². The van der Waals surface area contributed by atoms with Crippen molar-refractivity contribution in [1.82, 2.24) is 0 Å². The van der Waals surface area contributed by atoms with Gasteiger partial charge in [0.25, 0.3) is 0 Å². The van der Waals surface area contributed by atoms with Crippen molar-refractivity contribution in [1.29, 1.82) is 0 Å². The minimum absolute atomic E-state index is 0.260. The molecule has 102 valence electrons. The van der Waals surface area contributed by atoms with Crippen LogP contribution in [-0.4, -0.2) is 18.4 Å². The Morgan fingerprint density at radius 1 is 1.32 bits per heavy atom. The number of halogens is 2. The van der Waals surface area contributed by atoms with E-state index >= 15 is 0 Å². The van der Waals surface area contributed by atoms with Gasteiger partial charge < -0.3 is 10.5 Å². The molecule has 0 heterocycles. The van der Waals surface area contributed by atoms with E-state index in [-0.39, 0.29) is 18.0 Å². The highest BCUT2D eigenvalue weighted by molar-refractivity contribution is 9.11. The van der Waals surface area contributed by atoms with Crippen molar-refractivity contribution in [2.45, 2.75) is 13.8 Å². The summed E-state index contributed by atoms with van der Waals surface area (Å²) < 4.78 is 6.04. The summed E-state index contributed by atoms with van der Waals surface area (Å²) in [7, 11) is 0. The molecule has 0 saturated heterocycles. The summed E-state index contributed by atoms with van der Waals surface area (Å²) in [5, 5.41) is 0. The molecule has 0 unspecified atom stereocenters. The smallest absolute Gasteiger partial charge is 0.333 e. The minimum Gasteiger partial charge on any atom is -0.463 e. The third-order valence-corrected chi connectivity index (χ3v) is 3.62. The number of ketones is 1. The lowest BCUT2D eigenvalue weighted by Crippen LogP contribution is -2.07. The topological polar surface area (TPSA) is 69.4 Å². The zero-order valence-corrected chi connectivity index (χ0v) is 13.7. The molecule has 0 bridgehead atoms. The number of nitrogens with two attached hydrogens (primary N) is 1. The van der Waals surface area contributed by atoms with Crippen molar-refractivity contribution in [3.63, 3.8) is 0 Å². The lowest BCUT2D eigenvalue weighted by Gasteiger charge is -2.05. The fraction of sp³-hybridized carbons (Fsp3) is 0.231. The predicted octanol–water partition coefficient (Wildman–Crippen LogP) is 3.49. The Hall–Kier alpha value is -1.14. The summed E-state index contributed by atoms with van der Waals surface area (Å²) in [5.41, 5.74) is 6.95. The fourth-order valence-electron chi connectivity index (χ4n) is 1.31. The number of ether oxygens (including phenoxy) is 1. The second-order valence-electron chi connectivity index (χ2n) is 3.77. The molecular formula is C13H13Br2NO3. The van der Waals surface area contributed by atoms with Gasteiger partial charge in [-0.05, 0) is 63.9 Å². The molecule has 1 aromatic rings. The van der Waals surface area contributed by atoms with E-state index in [0.717, 1.165) is 0 Å². The van der Waals surface area contributed by atoms with Crippen LogP contribution in [0.1, 0.15) is 24.2 Å². The van der Waals surface area contributed by atoms with Crippen molar-refractivity contribution in [3.05, 3.63) is 38.3 Å². The highest BCUT2D eigenvalue weighted by Crippen LogP contribution is 2.29. The molecule has 0 atom stereocenters. The second kappa shape index (κ2) is 6.86. The van der Waals surface area contributed by atoms with Crippen LogP contribution < -0.4 is 5.73 Å². The first-order chi connectivity index (χ1) is 8.86. The molecule has 0 aliphatic carbocycles. The fourth-order valence-corrected chi connectivity index (χ4v) is 2.50. The third kappa shape index (κ3) is 4.18. The van der Waals surface area contributed by atoms with Gasteiger partial charge in [-0.25, -0.2) is 4.79 Å². The molecule has 0 spiro atoms. The molecule has 4 nitrogen and oxygen atoms in total. The number of esters is 1. The average molecular weight is 391 g/mol. The highest BCUT2D eigenvalue weighted by Gasteiger charge is 2.12. The van der Waals surface area contributed by atoms with Crippen molar-refractivity contribution in [2.24, 2.45) is 0 Å². The van der Waals surface area contributed by atoms with Crippen LogP contribution in [0, 0.1) is 0 Å². The Bertz CT molecular complexity index is 530. The number of hydrogen-bond donors (Lipinski definition) is 1. The van der Waals surface area contributed by atoms with E-state index < -0.39 is 5.97 Å². The zero-order chi connectivity index (χ0) is 14.6. The standard InChI is InChI=1S/C13H13Br2NO3/c1-3-19-13(18)7(2)4-11(17)8-5-9(14)12(16)10(15)6-8/h4-6H,3,16H2,1-2H3/b7-4+. The number of benzene rings is 1. The lowest BCUT2D eigenvalue weighted by atomic mass is 10.1.